The highest BCUT2D eigenvalue weighted by atomic mass is 19.3. The van der Waals surface area contributed by atoms with Crippen molar-refractivity contribution in [2.45, 2.75) is 12.3 Å². The fourth-order valence-corrected chi connectivity index (χ4v) is 5.04. The molecule has 230 valence electrons. The van der Waals surface area contributed by atoms with Gasteiger partial charge in [0.2, 0.25) is 0 Å². The molecular formula is C31H32F2N6O5. The molecule has 0 aliphatic carbocycles. The van der Waals surface area contributed by atoms with E-state index in [2.05, 4.69) is 25.2 Å². The van der Waals surface area contributed by atoms with Gasteiger partial charge in [-0.05, 0) is 42.8 Å². The number of hydrogen-bond acceptors (Lipinski definition) is 10. The van der Waals surface area contributed by atoms with E-state index in [0.717, 1.165) is 44.7 Å². The summed E-state index contributed by atoms with van der Waals surface area (Å²) in [7, 11) is 1.59. The number of nitrogens with one attached hydrogen (secondary N) is 1. The monoisotopic (exact) mass is 606 g/mol. The SMILES string of the molecule is COc1cc2c(Oc3ccc(NC(=O)c4cc(N5CC(F)(F)C5)ccn4)nc3)ccnc2cc1OCCCN1CCOCC1. The highest BCUT2D eigenvalue weighted by Crippen LogP contribution is 2.37. The molecule has 4 aromatic rings. The first-order chi connectivity index (χ1) is 21.4. The normalized spacial score (nSPS) is 16.3. The zero-order valence-corrected chi connectivity index (χ0v) is 24.2. The number of hydrogen-bond donors (Lipinski definition) is 1. The van der Waals surface area contributed by atoms with Crippen LogP contribution in [0.4, 0.5) is 20.3 Å². The third-order valence-electron chi connectivity index (χ3n) is 7.36. The standard InChI is InChI=1S/C31H32F2N6O5/c1-41-27-16-23-24(17-28(27)43-12-2-9-38-10-13-42-14-11-38)34-8-6-26(23)44-22-3-4-29(36-18-22)37-30(40)25-15-21(5-7-35-25)39-19-31(32,33)20-39/h3-8,15-18H,2,9-14,19-20H2,1H3,(H,36,37,40). The van der Waals surface area contributed by atoms with Crippen LogP contribution in [0.1, 0.15) is 16.9 Å². The summed E-state index contributed by atoms with van der Waals surface area (Å²) in [6.07, 6.45) is 5.43. The molecule has 11 nitrogen and oxygen atoms in total. The molecule has 3 aromatic heterocycles. The van der Waals surface area contributed by atoms with E-state index in [4.69, 9.17) is 18.9 Å². The first kappa shape index (κ1) is 29.5. The van der Waals surface area contributed by atoms with Gasteiger partial charge < -0.3 is 29.2 Å². The van der Waals surface area contributed by atoms with Crippen molar-refractivity contribution in [1.82, 2.24) is 19.9 Å². The molecule has 13 heteroatoms. The van der Waals surface area contributed by atoms with E-state index < -0.39 is 11.8 Å². The van der Waals surface area contributed by atoms with Crippen LogP contribution in [0.5, 0.6) is 23.0 Å². The van der Waals surface area contributed by atoms with E-state index in [1.807, 2.05) is 12.1 Å². The molecule has 1 amide bonds. The minimum Gasteiger partial charge on any atom is -0.493 e. The average molecular weight is 607 g/mol. The maximum Gasteiger partial charge on any atom is 0.282 e. The van der Waals surface area contributed by atoms with Gasteiger partial charge in [-0.25, -0.2) is 13.8 Å². The number of nitrogens with zero attached hydrogens (tertiary/aromatic N) is 5. The lowest BCUT2D eigenvalue weighted by Crippen LogP contribution is -2.56. The molecule has 0 bridgehead atoms. The second-order valence-electron chi connectivity index (χ2n) is 10.5. The van der Waals surface area contributed by atoms with Gasteiger partial charge in [0.05, 0.1) is 51.7 Å². The minimum atomic E-state index is -2.71. The topological polar surface area (TPSA) is 111 Å². The Morgan fingerprint density at radius 2 is 1.82 bits per heavy atom. The molecular weight excluding hydrogens is 574 g/mol. The van der Waals surface area contributed by atoms with Crippen LogP contribution < -0.4 is 24.4 Å². The van der Waals surface area contributed by atoms with E-state index in [-0.39, 0.29) is 24.6 Å². The number of alkyl halides is 2. The zero-order valence-electron chi connectivity index (χ0n) is 24.2. The number of pyridine rings is 3. The Labute approximate surface area is 252 Å². The molecule has 1 N–H and O–H groups in total. The third-order valence-corrected chi connectivity index (χ3v) is 7.36. The lowest BCUT2D eigenvalue weighted by Gasteiger charge is -2.40. The van der Waals surface area contributed by atoms with E-state index in [9.17, 15) is 13.6 Å². The number of rotatable bonds is 11. The summed E-state index contributed by atoms with van der Waals surface area (Å²) in [4.78, 5) is 29.4. The number of anilines is 2. The van der Waals surface area contributed by atoms with Gasteiger partial charge in [-0.3, -0.25) is 19.7 Å². The number of fused-ring (bicyclic) bond motifs is 1. The molecule has 0 radical (unpaired) electrons. The van der Waals surface area contributed by atoms with Gasteiger partial charge in [-0.15, -0.1) is 0 Å². The van der Waals surface area contributed by atoms with Crippen LogP contribution in [0.15, 0.2) is 61.1 Å². The first-order valence-corrected chi connectivity index (χ1v) is 14.3. The number of amides is 1. The fraction of sp³-hybridized carbons (Fsp3) is 0.355. The molecule has 6 rings (SSSR count). The van der Waals surface area contributed by atoms with Crippen molar-refractivity contribution in [1.29, 1.82) is 0 Å². The van der Waals surface area contributed by atoms with Crippen LogP contribution in [0.2, 0.25) is 0 Å². The summed E-state index contributed by atoms with van der Waals surface area (Å²) in [5.41, 5.74) is 1.29. The molecule has 1 aromatic carbocycles. The maximum atomic E-state index is 13.2. The van der Waals surface area contributed by atoms with Crippen LogP contribution in [-0.2, 0) is 4.74 Å². The number of methoxy groups -OCH3 is 1. The summed E-state index contributed by atoms with van der Waals surface area (Å²) in [6.45, 7) is 4.15. The molecule has 5 heterocycles. The van der Waals surface area contributed by atoms with Gasteiger partial charge in [-0.1, -0.05) is 0 Å². The Morgan fingerprint density at radius 3 is 2.57 bits per heavy atom. The summed E-state index contributed by atoms with van der Waals surface area (Å²) in [5, 5.41) is 3.40. The number of morpholine rings is 1. The van der Waals surface area contributed by atoms with Crippen LogP contribution >= 0.6 is 0 Å². The van der Waals surface area contributed by atoms with Crippen molar-refractivity contribution in [2.75, 3.05) is 69.9 Å². The van der Waals surface area contributed by atoms with Gasteiger partial charge in [-0.2, -0.15) is 0 Å². The number of halogens is 2. The molecule has 0 spiro atoms. The summed E-state index contributed by atoms with van der Waals surface area (Å²) >= 11 is 0. The van der Waals surface area contributed by atoms with Crippen molar-refractivity contribution >= 4 is 28.3 Å². The van der Waals surface area contributed by atoms with E-state index in [1.54, 1.807) is 37.6 Å². The Kier molecular flexibility index (Phi) is 8.66. The molecule has 44 heavy (non-hydrogen) atoms. The largest absolute Gasteiger partial charge is 0.493 e. The average Bonchev–Trinajstić information content (AvgIpc) is 3.03. The predicted octanol–water partition coefficient (Wildman–Crippen LogP) is 4.63. The van der Waals surface area contributed by atoms with E-state index in [1.165, 1.54) is 23.4 Å². The quantitative estimate of drug-likeness (QED) is 0.243. The molecule has 0 saturated carbocycles. The van der Waals surface area contributed by atoms with Crippen molar-refractivity contribution in [3.63, 3.8) is 0 Å². The fourth-order valence-electron chi connectivity index (χ4n) is 5.04. The molecule has 2 saturated heterocycles. The molecule has 0 atom stereocenters. The molecule has 2 aliphatic heterocycles. The van der Waals surface area contributed by atoms with Gasteiger partial charge in [0.25, 0.3) is 11.8 Å². The van der Waals surface area contributed by atoms with Crippen LogP contribution in [0.25, 0.3) is 10.9 Å². The summed E-state index contributed by atoms with van der Waals surface area (Å²) < 4.78 is 49.7. The third kappa shape index (κ3) is 6.95. The van der Waals surface area contributed by atoms with Crippen molar-refractivity contribution in [3.05, 3.63) is 66.7 Å². The van der Waals surface area contributed by atoms with Gasteiger partial charge in [0.1, 0.15) is 23.0 Å². The Hall–Kier alpha value is -4.62. The van der Waals surface area contributed by atoms with Crippen molar-refractivity contribution in [3.8, 4) is 23.0 Å². The van der Waals surface area contributed by atoms with Crippen LogP contribution in [0, 0.1) is 0 Å². The van der Waals surface area contributed by atoms with E-state index >= 15 is 0 Å². The molecule has 0 unspecified atom stereocenters. The predicted molar refractivity (Wildman–Crippen MR) is 159 cm³/mol. The Morgan fingerprint density at radius 1 is 1.00 bits per heavy atom. The smallest absolute Gasteiger partial charge is 0.282 e. The number of benzene rings is 1. The number of aromatic nitrogens is 3. The van der Waals surface area contributed by atoms with Crippen molar-refractivity contribution < 1.29 is 32.5 Å². The highest BCUT2D eigenvalue weighted by molar-refractivity contribution is 6.02. The second kappa shape index (κ2) is 12.9. The van der Waals surface area contributed by atoms with Crippen LogP contribution in [0.3, 0.4) is 0 Å². The van der Waals surface area contributed by atoms with Gasteiger partial charge >= 0.3 is 0 Å². The lowest BCUT2D eigenvalue weighted by molar-refractivity contribution is -0.0262. The van der Waals surface area contributed by atoms with Crippen LogP contribution in [-0.4, -0.2) is 91.3 Å². The van der Waals surface area contributed by atoms with Gasteiger partial charge in [0.15, 0.2) is 11.5 Å². The van der Waals surface area contributed by atoms with E-state index in [0.29, 0.717) is 40.8 Å². The lowest BCUT2D eigenvalue weighted by atomic mass is 10.1. The molecule has 2 fully saturated rings. The number of ether oxygens (including phenoxy) is 4. The Balaban J connectivity index is 1.08. The Bertz CT molecular complexity index is 1610. The number of carbonyl (C=O) groups is 1. The highest BCUT2D eigenvalue weighted by Gasteiger charge is 2.44. The second-order valence-corrected chi connectivity index (χ2v) is 10.5. The first-order valence-electron chi connectivity index (χ1n) is 14.3. The minimum absolute atomic E-state index is 0.0949. The maximum absolute atomic E-state index is 13.2. The zero-order chi connectivity index (χ0) is 30.5. The number of carbonyl (C=O) groups excluding carboxylic acids is 1. The summed E-state index contributed by atoms with van der Waals surface area (Å²) in [5.74, 6) is -0.780. The van der Waals surface area contributed by atoms with Gasteiger partial charge in [0, 0.05) is 49.2 Å². The molecule has 2 aliphatic rings. The van der Waals surface area contributed by atoms with Crippen molar-refractivity contribution in [2.24, 2.45) is 0 Å². The summed E-state index contributed by atoms with van der Waals surface area (Å²) in [6, 6.07) is 11.8.